The number of ether oxygens (including phenoxy) is 2. The van der Waals surface area contributed by atoms with E-state index in [-0.39, 0.29) is 35.5 Å². The van der Waals surface area contributed by atoms with Gasteiger partial charge in [-0.25, -0.2) is 4.79 Å². The van der Waals surface area contributed by atoms with Crippen molar-refractivity contribution in [2.45, 2.75) is 143 Å². The monoisotopic (exact) mass is 855 g/mol. The van der Waals surface area contributed by atoms with Crippen molar-refractivity contribution in [1.29, 1.82) is 0 Å². The standard InChI is InChI=1S/C45H69N5O9S/c1-13-27(3)38-43(55)50-20-14-15-35(50)44(56)59-37(45(7,8)9)22-26(2)21-36(51)29(5)40-46-32(25-60(40)57)23-28(4)39(52)47-34(24-31-16-18-33(58-12)19-17-31)42(54)48(10)30(6)41(53)49(38)11/h16-19,23,26-27,29-30,32,34-38,51H,13-15,20-22,24-25H2,1-12H3,(H,47,52)/b28-23+/t26-,27-,29+,30+,32+,34+,35+,36-,37+,38+,60?/m0/s1. The molecule has 1 aromatic rings. The molecule has 3 aliphatic heterocycles. The minimum atomic E-state index is -1.49. The van der Waals surface area contributed by atoms with Crippen LogP contribution in [0.25, 0.3) is 0 Å². The van der Waals surface area contributed by atoms with Gasteiger partial charge in [-0.15, -0.1) is 0 Å². The lowest BCUT2D eigenvalue weighted by molar-refractivity contribution is -0.166. The van der Waals surface area contributed by atoms with E-state index in [0.717, 1.165) is 5.56 Å². The fraction of sp³-hybridized carbons (Fsp3) is 0.689. The zero-order valence-electron chi connectivity index (χ0n) is 37.7. The number of carbonyl (C=O) groups is 5. The molecule has 4 rings (SSSR count). The highest BCUT2D eigenvalue weighted by Crippen LogP contribution is 2.33. The van der Waals surface area contributed by atoms with Gasteiger partial charge in [-0.05, 0) is 74.5 Å². The third kappa shape index (κ3) is 11.6. The first-order valence-corrected chi connectivity index (χ1v) is 22.7. The predicted molar refractivity (Wildman–Crippen MR) is 233 cm³/mol. The molecule has 0 aromatic heterocycles. The van der Waals surface area contributed by atoms with Gasteiger partial charge in [-0.1, -0.05) is 73.1 Å². The second-order valence-corrected chi connectivity index (χ2v) is 19.7. The highest BCUT2D eigenvalue weighted by atomic mass is 32.2. The zero-order chi connectivity index (χ0) is 44.8. The summed E-state index contributed by atoms with van der Waals surface area (Å²) in [6.07, 6.45) is 2.68. The molecule has 0 saturated carbocycles. The second kappa shape index (κ2) is 20.6. The molecule has 2 bridgehead atoms. The Balaban J connectivity index is 1.76. The normalized spacial score (nSPS) is 32.5. The van der Waals surface area contributed by atoms with E-state index < -0.39 is 88.2 Å². The molecule has 0 radical (unpaired) electrons. The first kappa shape index (κ1) is 48.6. The van der Waals surface area contributed by atoms with Crippen LogP contribution in [0.15, 0.2) is 40.9 Å². The van der Waals surface area contributed by atoms with Crippen molar-refractivity contribution < 1.29 is 42.8 Å². The van der Waals surface area contributed by atoms with Crippen molar-refractivity contribution in [3.8, 4) is 5.75 Å². The number of aliphatic imine (C=N–C) groups is 1. The van der Waals surface area contributed by atoms with Crippen LogP contribution in [-0.4, -0.2) is 135 Å². The van der Waals surface area contributed by atoms with Crippen molar-refractivity contribution in [3.63, 3.8) is 0 Å². The summed E-state index contributed by atoms with van der Waals surface area (Å²) in [5.41, 5.74) is 0.547. The van der Waals surface area contributed by atoms with E-state index in [1.54, 1.807) is 70.2 Å². The molecular weight excluding hydrogens is 787 g/mol. The summed E-state index contributed by atoms with van der Waals surface area (Å²) in [5.74, 6) is -2.53. The Hall–Kier alpha value is -4.11. The van der Waals surface area contributed by atoms with Crippen LogP contribution in [0.5, 0.6) is 5.75 Å². The van der Waals surface area contributed by atoms with Crippen LogP contribution >= 0.6 is 0 Å². The summed E-state index contributed by atoms with van der Waals surface area (Å²) in [6.45, 7) is 17.1. The van der Waals surface area contributed by atoms with Gasteiger partial charge in [-0.3, -0.25) is 28.4 Å². The SMILES string of the molecule is CC[C@H](C)[C@@H]1C(=O)N2CCC[C@@H]2C(=O)O[C@@H](C(C)(C)C)C[C@@H](C)C[C@H](O)[C@@H](C)C2=N[C@H](/C=C(\C)C(=O)N[C@H](Cc3ccc(OC)cc3)C(=O)N(C)[C@H](C)C(=O)N1C)CS2=O. The molecular formula is C45H69N5O9S. The quantitative estimate of drug-likeness (QED) is 0.410. The molecule has 15 heteroatoms. The molecule has 14 nitrogen and oxygen atoms in total. The van der Waals surface area contributed by atoms with E-state index in [4.69, 9.17) is 14.5 Å². The minimum absolute atomic E-state index is 0.100. The molecule has 334 valence electrons. The molecule has 3 aliphatic rings. The van der Waals surface area contributed by atoms with Crippen LogP contribution in [-0.2, 0) is 45.9 Å². The van der Waals surface area contributed by atoms with Crippen LogP contribution in [0.2, 0.25) is 0 Å². The lowest BCUT2D eigenvalue weighted by atomic mass is 9.81. The molecule has 1 unspecified atom stereocenters. The zero-order valence-corrected chi connectivity index (χ0v) is 38.5. The molecule has 11 atom stereocenters. The maximum absolute atomic E-state index is 14.6. The van der Waals surface area contributed by atoms with Gasteiger partial charge in [0.2, 0.25) is 23.6 Å². The van der Waals surface area contributed by atoms with Gasteiger partial charge in [0.25, 0.3) is 0 Å². The maximum atomic E-state index is 14.6. The van der Waals surface area contributed by atoms with Crippen LogP contribution in [0.4, 0.5) is 0 Å². The Morgan fingerprint density at radius 1 is 1.00 bits per heavy atom. The molecule has 1 saturated heterocycles. The summed E-state index contributed by atoms with van der Waals surface area (Å²) >= 11 is 0. The van der Waals surface area contributed by atoms with E-state index in [1.807, 2.05) is 41.5 Å². The first-order valence-electron chi connectivity index (χ1n) is 21.4. The van der Waals surface area contributed by atoms with E-state index in [2.05, 4.69) is 5.32 Å². The fourth-order valence-corrected chi connectivity index (χ4v) is 9.75. The summed E-state index contributed by atoms with van der Waals surface area (Å²) < 4.78 is 24.9. The van der Waals surface area contributed by atoms with Gasteiger partial charge in [-0.2, -0.15) is 0 Å². The Morgan fingerprint density at radius 3 is 2.25 bits per heavy atom. The molecule has 4 amide bonds. The number of nitrogens with one attached hydrogen (secondary N) is 1. The van der Waals surface area contributed by atoms with Gasteiger partial charge >= 0.3 is 5.97 Å². The van der Waals surface area contributed by atoms with Crippen molar-refractivity contribution >= 4 is 45.4 Å². The van der Waals surface area contributed by atoms with Crippen molar-refractivity contribution in [2.24, 2.45) is 28.2 Å². The number of carbonyl (C=O) groups excluding carboxylic acids is 5. The Morgan fingerprint density at radius 2 is 1.65 bits per heavy atom. The smallest absolute Gasteiger partial charge is 0.329 e. The first-order chi connectivity index (χ1) is 28.1. The third-order valence-corrected chi connectivity index (χ3v) is 14.2. The number of amides is 4. The number of aliphatic hydroxyl groups excluding tert-OH is 1. The van der Waals surface area contributed by atoms with E-state index in [0.29, 0.717) is 49.4 Å². The average Bonchev–Trinajstić information content (AvgIpc) is 3.85. The second-order valence-electron chi connectivity index (χ2n) is 18.3. The number of cyclic esters (lactones) is 1. The van der Waals surface area contributed by atoms with Gasteiger partial charge < -0.3 is 34.6 Å². The maximum Gasteiger partial charge on any atom is 0.329 e. The Kier molecular flexibility index (Phi) is 16.7. The highest BCUT2D eigenvalue weighted by Gasteiger charge is 2.45. The number of rotatable bonds is 5. The number of fused-ring (bicyclic) bond motifs is 2. The number of esters is 1. The summed E-state index contributed by atoms with van der Waals surface area (Å²) in [4.78, 5) is 80.1. The van der Waals surface area contributed by atoms with Gasteiger partial charge in [0.15, 0.2) is 0 Å². The summed E-state index contributed by atoms with van der Waals surface area (Å²) in [6, 6.07) is 2.64. The molecule has 3 heterocycles. The average molecular weight is 856 g/mol. The van der Waals surface area contributed by atoms with Crippen LogP contribution in [0.3, 0.4) is 0 Å². The molecule has 0 aliphatic carbocycles. The predicted octanol–water partition coefficient (Wildman–Crippen LogP) is 4.29. The fourth-order valence-electron chi connectivity index (χ4n) is 8.28. The van der Waals surface area contributed by atoms with E-state index in [1.165, 1.54) is 16.8 Å². The molecule has 1 aromatic carbocycles. The summed E-state index contributed by atoms with van der Waals surface area (Å²) in [5, 5.41) is 14.7. The van der Waals surface area contributed by atoms with Crippen LogP contribution < -0.4 is 10.1 Å². The molecule has 0 spiro atoms. The number of benzene rings is 1. The van der Waals surface area contributed by atoms with Gasteiger partial charge in [0.05, 0.1) is 35.8 Å². The Labute approximate surface area is 359 Å². The van der Waals surface area contributed by atoms with E-state index in [9.17, 15) is 33.3 Å². The lowest BCUT2D eigenvalue weighted by Gasteiger charge is -2.39. The van der Waals surface area contributed by atoms with Gasteiger partial charge in [0, 0.05) is 38.6 Å². The summed E-state index contributed by atoms with van der Waals surface area (Å²) in [7, 11) is 3.12. The number of hydrogen-bond donors (Lipinski definition) is 2. The Bertz CT molecular complexity index is 1810. The number of likely N-dealkylation sites (N-methyl/N-ethyl adjacent to an activating group) is 2. The lowest BCUT2D eigenvalue weighted by Crippen LogP contribution is -2.59. The minimum Gasteiger partial charge on any atom is -0.497 e. The van der Waals surface area contributed by atoms with Crippen molar-refractivity contribution in [1.82, 2.24) is 20.0 Å². The number of hydrogen-bond acceptors (Lipinski definition) is 10. The molecule has 60 heavy (non-hydrogen) atoms. The van der Waals surface area contributed by atoms with Crippen LogP contribution in [0.1, 0.15) is 100.0 Å². The van der Waals surface area contributed by atoms with E-state index >= 15 is 0 Å². The third-order valence-electron chi connectivity index (χ3n) is 12.6. The highest BCUT2D eigenvalue weighted by molar-refractivity contribution is 8.01. The van der Waals surface area contributed by atoms with Crippen LogP contribution in [0, 0.1) is 23.2 Å². The number of nitrogens with zero attached hydrogens (tertiary/aromatic N) is 4. The largest absolute Gasteiger partial charge is 0.497 e. The molecule has 1 fully saturated rings. The molecule has 2 N–H and O–H groups in total. The van der Waals surface area contributed by atoms with Gasteiger partial charge in [0.1, 0.15) is 41.1 Å². The number of methoxy groups -OCH3 is 1. The topological polar surface area (TPSA) is 175 Å². The van der Waals surface area contributed by atoms with Crippen molar-refractivity contribution in [2.75, 3.05) is 33.5 Å². The number of aliphatic hydroxyl groups is 1. The van der Waals surface area contributed by atoms with Crippen molar-refractivity contribution in [3.05, 3.63) is 41.5 Å².